The predicted octanol–water partition coefficient (Wildman–Crippen LogP) is 7.05. The quantitative estimate of drug-likeness (QED) is 0.370. The van der Waals surface area contributed by atoms with Gasteiger partial charge in [0, 0.05) is 8.95 Å². The van der Waals surface area contributed by atoms with Gasteiger partial charge in [-0.25, -0.2) is 0 Å². The van der Waals surface area contributed by atoms with E-state index >= 15 is 0 Å². The Kier molecular flexibility index (Phi) is 4.51. The van der Waals surface area contributed by atoms with Gasteiger partial charge in [-0.3, -0.25) is 0 Å². The summed E-state index contributed by atoms with van der Waals surface area (Å²) in [7, 11) is 0. The van der Waals surface area contributed by atoms with Crippen molar-refractivity contribution in [2.45, 2.75) is 29.1 Å². The summed E-state index contributed by atoms with van der Waals surface area (Å²) in [4.78, 5) is 0. The minimum absolute atomic E-state index is 0.264. The topological polar surface area (TPSA) is 0 Å². The lowest BCUT2D eigenvalue weighted by Gasteiger charge is -2.39. The highest BCUT2D eigenvalue weighted by Gasteiger charge is 2.99. The Morgan fingerprint density at radius 1 is 0.444 bits per heavy atom. The van der Waals surface area contributed by atoms with Crippen molar-refractivity contribution in [1.82, 2.24) is 0 Å². The molecule has 0 unspecified atom stereocenters. The molecule has 1 fully saturated rings. The number of halogens is 10. The summed E-state index contributed by atoms with van der Waals surface area (Å²) >= 11 is 5.92. The molecule has 1 aliphatic carbocycles. The lowest BCUT2D eigenvalue weighted by atomic mass is 9.68. The highest BCUT2D eigenvalue weighted by Crippen LogP contribution is 2.73. The maximum atomic E-state index is 14.9. The molecule has 27 heavy (non-hydrogen) atoms. The van der Waals surface area contributed by atoms with Crippen LogP contribution in [0.5, 0.6) is 0 Å². The average Bonchev–Trinajstić information content (AvgIpc) is 2.63. The average molecular weight is 524 g/mol. The molecule has 1 aliphatic rings. The third-order valence-corrected chi connectivity index (χ3v) is 5.74. The molecule has 0 aromatic heterocycles. The van der Waals surface area contributed by atoms with Crippen LogP contribution in [-0.2, 0) is 5.41 Å². The first-order chi connectivity index (χ1) is 12.2. The molecular formula is C17H8Br2F8. The normalized spacial score (nSPS) is 23.9. The van der Waals surface area contributed by atoms with Gasteiger partial charge < -0.3 is 0 Å². The Morgan fingerprint density at radius 3 is 0.963 bits per heavy atom. The van der Waals surface area contributed by atoms with Crippen LogP contribution in [0.15, 0.2) is 57.5 Å². The molecule has 2 aromatic rings. The van der Waals surface area contributed by atoms with Crippen LogP contribution in [-0.4, -0.2) is 23.7 Å². The van der Waals surface area contributed by atoms with Crippen molar-refractivity contribution in [2.75, 3.05) is 0 Å². The molecule has 0 N–H and O–H groups in total. The Labute approximate surface area is 164 Å². The molecule has 0 aliphatic heterocycles. The lowest BCUT2D eigenvalue weighted by molar-refractivity contribution is -0.303. The number of alkyl halides is 8. The van der Waals surface area contributed by atoms with Gasteiger partial charge in [0.15, 0.2) is 5.41 Å². The van der Waals surface area contributed by atoms with E-state index < -0.39 is 40.2 Å². The molecule has 1 saturated carbocycles. The van der Waals surface area contributed by atoms with Gasteiger partial charge >= 0.3 is 23.7 Å². The number of benzene rings is 2. The number of hydrogen-bond donors (Lipinski definition) is 0. The van der Waals surface area contributed by atoms with Crippen molar-refractivity contribution < 1.29 is 35.1 Å². The molecule has 0 radical (unpaired) electrons. The first-order valence-electron chi connectivity index (χ1n) is 7.28. The first kappa shape index (κ1) is 20.6. The Hall–Kier alpha value is -1.16. The molecule has 0 nitrogen and oxygen atoms in total. The molecule has 0 saturated heterocycles. The Bertz CT molecular complexity index is 786. The molecule has 0 atom stereocenters. The summed E-state index contributed by atoms with van der Waals surface area (Å²) in [6.45, 7) is 0. The van der Waals surface area contributed by atoms with Crippen molar-refractivity contribution in [3.05, 3.63) is 68.6 Å². The molecule has 0 heterocycles. The molecule has 2 aromatic carbocycles. The smallest absolute Gasteiger partial charge is 0.198 e. The van der Waals surface area contributed by atoms with Gasteiger partial charge in [0.05, 0.1) is 0 Å². The number of rotatable bonds is 2. The van der Waals surface area contributed by atoms with Gasteiger partial charge in [0.2, 0.25) is 0 Å². The standard InChI is InChI=1S/C17H8Br2F8/c18-11-5-1-9(2-6-11)13(10-3-7-12(19)8-4-10)14(20,21)16(24,25)17(26,27)15(13,22)23/h1-8H. The molecule has 146 valence electrons. The van der Waals surface area contributed by atoms with Crippen LogP contribution in [0.3, 0.4) is 0 Å². The van der Waals surface area contributed by atoms with Crippen molar-refractivity contribution in [3.8, 4) is 0 Å². The maximum absolute atomic E-state index is 14.9. The molecule has 3 rings (SSSR count). The zero-order chi connectivity index (χ0) is 20.5. The second-order valence-electron chi connectivity index (χ2n) is 6.06. The predicted molar refractivity (Wildman–Crippen MR) is 88.9 cm³/mol. The maximum Gasteiger partial charge on any atom is 0.379 e. The third kappa shape index (κ3) is 2.25. The SMILES string of the molecule is FC1(F)C(F)(F)C(F)(F)C(c2ccc(Br)cc2)(c2ccc(Br)cc2)C1(F)F. The van der Waals surface area contributed by atoms with Gasteiger partial charge in [0.25, 0.3) is 0 Å². The molecule has 0 amide bonds. The van der Waals surface area contributed by atoms with Crippen LogP contribution in [0.1, 0.15) is 11.1 Å². The van der Waals surface area contributed by atoms with Crippen LogP contribution in [0.2, 0.25) is 0 Å². The van der Waals surface area contributed by atoms with Crippen LogP contribution in [0.25, 0.3) is 0 Å². The van der Waals surface area contributed by atoms with Crippen molar-refractivity contribution >= 4 is 31.9 Å². The summed E-state index contributed by atoms with van der Waals surface area (Å²) in [5, 5.41) is 0. The molecule has 0 spiro atoms. The summed E-state index contributed by atoms with van der Waals surface area (Å²) < 4.78 is 116. The largest absolute Gasteiger partial charge is 0.379 e. The van der Waals surface area contributed by atoms with Crippen LogP contribution in [0, 0.1) is 0 Å². The summed E-state index contributed by atoms with van der Waals surface area (Å²) in [5.41, 5.74) is -6.39. The van der Waals surface area contributed by atoms with E-state index in [4.69, 9.17) is 0 Å². The van der Waals surface area contributed by atoms with Gasteiger partial charge in [-0.15, -0.1) is 0 Å². The van der Waals surface area contributed by atoms with E-state index in [0.717, 1.165) is 24.3 Å². The lowest BCUT2D eigenvalue weighted by Crippen LogP contribution is -2.56. The Morgan fingerprint density at radius 2 is 0.704 bits per heavy atom. The summed E-state index contributed by atoms with van der Waals surface area (Å²) in [5.74, 6) is -24.2. The highest BCUT2D eigenvalue weighted by molar-refractivity contribution is 9.10. The zero-order valence-electron chi connectivity index (χ0n) is 12.9. The molecule has 10 heteroatoms. The molecular weight excluding hydrogens is 516 g/mol. The fraction of sp³-hybridized carbons (Fsp3) is 0.294. The number of hydrogen-bond acceptors (Lipinski definition) is 0. The molecule has 0 bridgehead atoms. The van der Waals surface area contributed by atoms with Crippen molar-refractivity contribution in [2.24, 2.45) is 0 Å². The Balaban J connectivity index is 2.50. The fourth-order valence-corrected chi connectivity index (χ4v) is 3.88. The monoisotopic (exact) mass is 522 g/mol. The van der Waals surface area contributed by atoms with E-state index in [2.05, 4.69) is 31.9 Å². The van der Waals surface area contributed by atoms with E-state index in [-0.39, 0.29) is 8.95 Å². The van der Waals surface area contributed by atoms with Crippen molar-refractivity contribution in [1.29, 1.82) is 0 Å². The highest BCUT2D eigenvalue weighted by atomic mass is 79.9. The second kappa shape index (κ2) is 5.92. The van der Waals surface area contributed by atoms with Crippen LogP contribution in [0.4, 0.5) is 35.1 Å². The second-order valence-corrected chi connectivity index (χ2v) is 7.89. The van der Waals surface area contributed by atoms with E-state index in [1.165, 1.54) is 0 Å². The van der Waals surface area contributed by atoms with E-state index in [1.54, 1.807) is 0 Å². The van der Waals surface area contributed by atoms with Crippen LogP contribution >= 0.6 is 31.9 Å². The third-order valence-electron chi connectivity index (χ3n) is 4.68. The zero-order valence-corrected chi connectivity index (χ0v) is 16.1. The van der Waals surface area contributed by atoms with Gasteiger partial charge in [-0.2, -0.15) is 35.1 Å². The van der Waals surface area contributed by atoms with Crippen molar-refractivity contribution in [3.63, 3.8) is 0 Å². The van der Waals surface area contributed by atoms with Gasteiger partial charge in [0.1, 0.15) is 0 Å². The minimum atomic E-state index is -6.29. The van der Waals surface area contributed by atoms with E-state index in [0.29, 0.717) is 24.3 Å². The van der Waals surface area contributed by atoms with Crippen LogP contribution < -0.4 is 0 Å². The van der Waals surface area contributed by atoms with E-state index in [9.17, 15) is 35.1 Å². The first-order valence-corrected chi connectivity index (χ1v) is 8.87. The van der Waals surface area contributed by atoms with Gasteiger partial charge in [-0.05, 0) is 35.4 Å². The fourth-order valence-electron chi connectivity index (χ4n) is 3.35. The summed E-state index contributed by atoms with van der Waals surface area (Å²) in [6, 6.07) is 6.95. The summed E-state index contributed by atoms with van der Waals surface area (Å²) in [6.07, 6.45) is 0. The van der Waals surface area contributed by atoms with E-state index in [1.807, 2.05) is 0 Å². The minimum Gasteiger partial charge on any atom is -0.198 e. The van der Waals surface area contributed by atoms with Gasteiger partial charge in [-0.1, -0.05) is 56.1 Å².